The van der Waals surface area contributed by atoms with Gasteiger partial charge in [-0.2, -0.15) is 0 Å². The number of thioether (sulfide) groups is 1. The molecule has 3 aromatic rings. The zero-order valence-electron chi connectivity index (χ0n) is 18.6. The summed E-state index contributed by atoms with van der Waals surface area (Å²) in [4.78, 5) is 30.8. The first-order valence-electron chi connectivity index (χ1n) is 10.6. The minimum absolute atomic E-state index is 0.129. The molecule has 1 aliphatic heterocycles. The predicted molar refractivity (Wildman–Crippen MR) is 138 cm³/mol. The number of carbonyl (C=O) groups excluding carboxylic acids is 1. The number of hydrogen-bond acceptors (Lipinski definition) is 5. The number of hydrogen-bond donors (Lipinski definition) is 1. The summed E-state index contributed by atoms with van der Waals surface area (Å²) in [6.07, 6.45) is 1.77. The first kappa shape index (κ1) is 24.7. The van der Waals surface area contributed by atoms with Crippen LogP contribution in [0.5, 0.6) is 5.75 Å². The average molecular weight is 555 g/mol. The van der Waals surface area contributed by atoms with E-state index in [4.69, 9.17) is 4.74 Å². The monoisotopic (exact) mass is 554 g/mol. The number of likely N-dealkylation sites (N-methyl/N-ethyl adjacent to an activating group) is 1. The van der Waals surface area contributed by atoms with Gasteiger partial charge in [0.05, 0.1) is 20.6 Å². The van der Waals surface area contributed by atoms with Crippen LogP contribution in [0.1, 0.15) is 28.4 Å². The normalized spacial score (nSPS) is 15.7. The van der Waals surface area contributed by atoms with Crippen LogP contribution in [0.25, 0.3) is 6.08 Å². The van der Waals surface area contributed by atoms with E-state index >= 15 is 0 Å². The molecular formula is C26H20BrFN2O4S. The van der Waals surface area contributed by atoms with Gasteiger partial charge in [0.25, 0.3) is 5.91 Å². The maximum Gasteiger partial charge on any atom is 0.335 e. The molecule has 9 heteroatoms. The van der Waals surface area contributed by atoms with Gasteiger partial charge in [0.15, 0.2) is 5.17 Å². The van der Waals surface area contributed by atoms with Crippen LogP contribution in [0.2, 0.25) is 0 Å². The van der Waals surface area contributed by atoms with E-state index in [1.807, 2.05) is 19.1 Å². The summed E-state index contributed by atoms with van der Waals surface area (Å²) in [5, 5.41) is 9.69. The number of halogens is 2. The minimum Gasteiger partial charge on any atom is -0.488 e. The van der Waals surface area contributed by atoms with Gasteiger partial charge in [-0.05, 0) is 94.3 Å². The highest BCUT2D eigenvalue weighted by Crippen LogP contribution is 2.35. The second-order valence-electron chi connectivity index (χ2n) is 7.52. The van der Waals surface area contributed by atoms with Crippen molar-refractivity contribution in [1.29, 1.82) is 0 Å². The highest BCUT2D eigenvalue weighted by Gasteiger charge is 2.32. The van der Waals surface area contributed by atoms with Crippen molar-refractivity contribution in [2.24, 2.45) is 4.99 Å². The second-order valence-corrected chi connectivity index (χ2v) is 9.38. The fraction of sp³-hybridized carbons (Fsp3) is 0.115. The van der Waals surface area contributed by atoms with Crippen molar-refractivity contribution in [2.45, 2.75) is 13.5 Å². The summed E-state index contributed by atoms with van der Waals surface area (Å²) >= 11 is 4.73. The molecule has 1 aliphatic rings. The number of nitrogens with zero attached hydrogens (tertiary/aromatic N) is 2. The van der Waals surface area contributed by atoms with Crippen molar-refractivity contribution in [3.05, 3.63) is 98.6 Å². The topological polar surface area (TPSA) is 79.2 Å². The third kappa shape index (κ3) is 5.98. The van der Waals surface area contributed by atoms with Gasteiger partial charge in [-0.25, -0.2) is 14.2 Å². The van der Waals surface area contributed by atoms with Crippen molar-refractivity contribution >= 4 is 56.5 Å². The van der Waals surface area contributed by atoms with Gasteiger partial charge < -0.3 is 9.84 Å². The zero-order chi connectivity index (χ0) is 24.9. The summed E-state index contributed by atoms with van der Waals surface area (Å²) < 4.78 is 19.9. The van der Waals surface area contributed by atoms with E-state index in [0.717, 1.165) is 11.1 Å². The van der Waals surface area contributed by atoms with Crippen molar-refractivity contribution in [3.63, 3.8) is 0 Å². The lowest BCUT2D eigenvalue weighted by Crippen LogP contribution is -2.28. The number of rotatable bonds is 7. The van der Waals surface area contributed by atoms with Crippen LogP contribution < -0.4 is 4.74 Å². The van der Waals surface area contributed by atoms with E-state index in [1.54, 1.807) is 41.3 Å². The average Bonchev–Trinajstić information content (AvgIpc) is 3.12. The molecule has 1 amide bonds. The standard InChI is InChI=1S/C26H20BrFN2O4S/c1-2-30-24(31)23(35-26(30)29-20-8-4-6-18(14-20)25(32)33)13-16-9-10-22(21(27)12-16)34-15-17-5-3-7-19(28)11-17/h3-14H,2,15H2,1H3,(H,32,33). The SMILES string of the molecule is CCN1C(=O)C(=Cc2ccc(OCc3cccc(F)c3)c(Br)c2)SC1=Nc1cccc(C(=O)O)c1. The van der Waals surface area contributed by atoms with Crippen molar-refractivity contribution < 1.29 is 23.8 Å². The van der Waals surface area contributed by atoms with Crippen molar-refractivity contribution in [1.82, 2.24) is 4.90 Å². The smallest absolute Gasteiger partial charge is 0.335 e. The number of carboxylic acid groups (broad SMARTS) is 1. The molecule has 0 radical (unpaired) electrons. The van der Waals surface area contributed by atoms with Gasteiger partial charge in [-0.15, -0.1) is 0 Å². The number of ether oxygens (including phenoxy) is 1. The number of amidine groups is 1. The first-order chi connectivity index (χ1) is 16.8. The minimum atomic E-state index is -1.04. The predicted octanol–water partition coefficient (Wildman–Crippen LogP) is 6.49. The molecule has 0 atom stereocenters. The van der Waals surface area contributed by atoms with Crippen LogP contribution >= 0.6 is 27.7 Å². The molecule has 3 aromatic carbocycles. The number of aliphatic imine (C=N–C) groups is 1. The summed E-state index contributed by atoms with van der Waals surface area (Å²) in [6, 6.07) is 17.9. The van der Waals surface area contributed by atoms with E-state index < -0.39 is 5.97 Å². The van der Waals surface area contributed by atoms with Crippen LogP contribution in [-0.4, -0.2) is 33.6 Å². The van der Waals surface area contributed by atoms with Gasteiger partial charge in [0, 0.05) is 6.54 Å². The molecular weight excluding hydrogens is 535 g/mol. The summed E-state index contributed by atoms with van der Waals surface area (Å²) in [5.74, 6) is -0.931. The lowest BCUT2D eigenvalue weighted by atomic mass is 10.2. The third-order valence-electron chi connectivity index (χ3n) is 5.06. The van der Waals surface area contributed by atoms with Gasteiger partial charge in [0.2, 0.25) is 0 Å². The number of aromatic carboxylic acids is 1. The van der Waals surface area contributed by atoms with Gasteiger partial charge in [0.1, 0.15) is 18.2 Å². The van der Waals surface area contributed by atoms with Crippen LogP contribution in [0.15, 0.2) is 81.1 Å². The molecule has 0 spiro atoms. The molecule has 0 aliphatic carbocycles. The fourth-order valence-corrected chi connectivity index (χ4v) is 4.93. The number of carboxylic acids is 1. The molecule has 4 rings (SSSR count). The van der Waals surface area contributed by atoms with E-state index in [2.05, 4.69) is 20.9 Å². The van der Waals surface area contributed by atoms with Crippen molar-refractivity contribution in [2.75, 3.05) is 6.54 Å². The van der Waals surface area contributed by atoms with Gasteiger partial charge >= 0.3 is 5.97 Å². The van der Waals surface area contributed by atoms with E-state index in [1.165, 1.54) is 36.0 Å². The molecule has 0 saturated carbocycles. The van der Waals surface area contributed by atoms with Crippen molar-refractivity contribution in [3.8, 4) is 5.75 Å². The van der Waals surface area contributed by atoms with Crippen LogP contribution in [0.4, 0.5) is 10.1 Å². The number of benzene rings is 3. The third-order valence-corrected chi connectivity index (χ3v) is 6.69. The quantitative estimate of drug-likeness (QED) is 0.337. The largest absolute Gasteiger partial charge is 0.488 e. The Morgan fingerprint density at radius 3 is 2.69 bits per heavy atom. The molecule has 0 bridgehead atoms. The fourth-order valence-electron chi connectivity index (χ4n) is 3.35. The molecule has 1 N–H and O–H groups in total. The molecule has 1 heterocycles. The van der Waals surface area contributed by atoms with E-state index in [-0.39, 0.29) is 23.9 Å². The Labute approximate surface area is 214 Å². The highest BCUT2D eigenvalue weighted by atomic mass is 79.9. The Bertz CT molecular complexity index is 1360. The first-order valence-corrected chi connectivity index (χ1v) is 12.2. The lowest BCUT2D eigenvalue weighted by molar-refractivity contribution is -0.122. The number of carbonyl (C=O) groups is 2. The highest BCUT2D eigenvalue weighted by molar-refractivity contribution is 9.10. The van der Waals surface area contributed by atoms with Gasteiger partial charge in [-0.1, -0.05) is 24.3 Å². The molecule has 1 saturated heterocycles. The van der Waals surface area contributed by atoms with Crippen LogP contribution in [0.3, 0.4) is 0 Å². The molecule has 178 valence electrons. The Kier molecular flexibility index (Phi) is 7.67. The summed E-state index contributed by atoms with van der Waals surface area (Å²) in [5.41, 5.74) is 2.10. The number of amides is 1. The van der Waals surface area contributed by atoms with E-state index in [0.29, 0.717) is 32.5 Å². The van der Waals surface area contributed by atoms with Crippen LogP contribution in [-0.2, 0) is 11.4 Å². The molecule has 35 heavy (non-hydrogen) atoms. The van der Waals surface area contributed by atoms with E-state index in [9.17, 15) is 19.1 Å². The Hall–Kier alpha value is -3.43. The second kappa shape index (κ2) is 10.9. The van der Waals surface area contributed by atoms with Gasteiger partial charge in [-0.3, -0.25) is 9.69 Å². The molecule has 0 aromatic heterocycles. The molecule has 1 fully saturated rings. The Morgan fingerprint density at radius 1 is 1.17 bits per heavy atom. The zero-order valence-corrected chi connectivity index (χ0v) is 21.0. The maximum absolute atomic E-state index is 13.4. The molecule has 6 nitrogen and oxygen atoms in total. The van der Waals surface area contributed by atoms with Crippen LogP contribution in [0, 0.1) is 5.82 Å². The summed E-state index contributed by atoms with van der Waals surface area (Å²) in [6.45, 7) is 2.50. The summed E-state index contributed by atoms with van der Waals surface area (Å²) in [7, 11) is 0. The Morgan fingerprint density at radius 2 is 1.97 bits per heavy atom. The Balaban J connectivity index is 1.53. The lowest BCUT2D eigenvalue weighted by Gasteiger charge is -2.12. The maximum atomic E-state index is 13.4. The molecule has 0 unspecified atom stereocenters.